The summed E-state index contributed by atoms with van der Waals surface area (Å²) in [4.78, 5) is 27.4. The van der Waals surface area contributed by atoms with Crippen LogP contribution in [0.4, 0.5) is 0 Å². The lowest BCUT2D eigenvalue weighted by Gasteiger charge is -2.12. The number of amides is 1. The zero-order chi connectivity index (χ0) is 15.4. The number of aryl methyl sites for hydroxylation is 1. The Labute approximate surface area is 121 Å². The SMILES string of the molecule is CC(CNC(=O)c1c(C(=O)O)cnn1C)c1ccccn1. The van der Waals surface area contributed by atoms with Gasteiger partial charge in [0, 0.05) is 31.4 Å². The van der Waals surface area contributed by atoms with E-state index in [1.165, 1.54) is 17.9 Å². The van der Waals surface area contributed by atoms with Crippen LogP contribution in [0.15, 0.2) is 30.6 Å². The molecule has 21 heavy (non-hydrogen) atoms. The van der Waals surface area contributed by atoms with Crippen molar-refractivity contribution < 1.29 is 14.7 Å². The molecule has 0 radical (unpaired) electrons. The van der Waals surface area contributed by atoms with Gasteiger partial charge in [0.25, 0.3) is 5.91 Å². The van der Waals surface area contributed by atoms with Crippen LogP contribution in [0.25, 0.3) is 0 Å². The lowest BCUT2D eigenvalue weighted by Crippen LogP contribution is -2.30. The molecule has 7 nitrogen and oxygen atoms in total. The van der Waals surface area contributed by atoms with Crippen molar-refractivity contribution in [1.82, 2.24) is 20.1 Å². The van der Waals surface area contributed by atoms with E-state index in [9.17, 15) is 9.59 Å². The summed E-state index contributed by atoms with van der Waals surface area (Å²) in [5, 5.41) is 15.6. The lowest BCUT2D eigenvalue weighted by molar-refractivity contribution is 0.0690. The van der Waals surface area contributed by atoms with Crippen molar-refractivity contribution in [2.24, 2.45) is 7.05 Å². The Morgan fingerprint density at radius 1 is 1.43 bits per heavy atom. The highest BCUT2D eigenvalue weighted by Crippen LogP contribution is 2.11. The molecule has 0 bridgehead atoms. The van der Waals surface area contributed by atoms with Crippen LogP contribution >= 0.6 is 0 Å². The van der Waals surface area contributed by atoms with E-state index in [0.29, 0.717) is 6.54 Å². The van der Waals surface area contributed by atoms with Gasteiger partial charge in [-0.05, 0) is 12.1 Å². The number of nitrogens with zero attached hydrogens (tertiary/aromatic N) is 3. The van der Waals surface area contributed by atoms with Crippen molar-refractivity contribution in [3.8, 4) is 0 Å². The van der Waals surface area contributed by atoms with Crippen molar-refractivity contribution in [1.29, 1.82) is 0 Å². The Kier molecular flexibility index (Phi) is 4.32. The molecule has 0 saturated carbocycles. The predicted molar refractivity (Wildman–Crippen MR) is 75.2 cm³/mol. The zero-order valence-corrected chi connectivity index (χ0v) is 11.8. The maximum Gasteiger partial charge on any atom is 0.339 e. The fourth-order valence-corrected chi connectivity index (χ4v) is 1.96. The van der Waals surface area contributed by atoms with Crippen molar-refractivity contribution in [3.05, 3.63) is 47.5 Å². The summed E-state index contributed by atoms with van der Waals surface area (Å²) in [5.41, 5.74) is 0.789. The molecule has 1 unspecified atom stereocenters. The van der Waals surface area contributed by atoms with Crippen molar-refractivity contribution >= 4 is 11.9 Å². The lowest BCUT2D eigenvalue weighted by atomic mass is 10.1. The number of nitrogens with one attached hydrogen (secondary N) is 1. The van der Waals surface area contributed by atoms with E-state index in [2.05, 4.69) is 15.4 Å². The molecule has 2 aromatic rings. The van der Waals surface area contributed by atoms with Gasteiger partial charge in [-0.25, -0.2) is 4.79 Å². The molecule has 0 aromatic carbocycles. The molecule has 2 heterocycles. The third-order valence-electron chi connectivity index (χ3n) is 3.15. The minimum atomic E-state index is -1.17. The number of carbonyl (C=O) groups is 2. The van der Waals surface area contributed by atoms with Crippen molar-refractivity contribution in [2.45, 2.75) is 12.8 Å². The average Bonchev–Trinajstić information content (AvgIpc) is 2.87. The van der Waals surface area contributed by atoms with Gasteiger partial charge >= 0.3 is 5.97 Å². The molecule has 2 N–H and O–H groups in total. The molecule has 0 spiro atoms. The summed E-state index contributed by atoms with van der Waals surface area (Å²) >= 11 is 0. The maximum absolute atomic E-state index is 12.1. The second kappa shape index (κ2) is 6.17. The van der Waals surface area contributed by atoms with Crippen LogP contribution in [-0.2, 0) is 7.05 Å². The number of aromatic carboxylic acids is 1. The Morgan fingerprint density at radius 2 is 2.19 bits per heavy atom. The molecule has 0 fully saturated rings. The van der Waals surface area contributed by atoms with E-state index < -0.39 is 11.9 Å². The molecular weight excluding hydrogens is 272 g/mol. The number of hydrogen-bond donors (Lipinski definition) is 2. The predicted octanol–water partition coefficient (Wildman–Crippen LogP) is 1.05. The van der Waals surface area contributed by atoms with E-state index >= 15 is 0 Å². The normalized spacial score (nSPS) is 11.9. The molecule has 0 aliphatic heterocycles. The molecule has 0 saturated heterocycles. The molecule has 1 amide bonds. The minimum Gasteiger partial charge on any atom is -0.478 e. The van der Waals surface area contributed by atoms with Gasteiger partial charge in [0.1, 0.15) is 11.3 Å². The molecule has 2 aromatic heterocycles. The Hall–Kier alpha value is -2.70. The molecule has 1 atom stereocenters. The van der Waals surface area contributed by atoms with E-state index in [1.807, 2.05) is 25.1 Å². The molecule has 110 valence electrons. The number of pyridine rings is 1. The largest absolute Gasteiger partial charge is 0.478 e. The highest BCUT2D eigenvalue weighted by atomic mass is 16.4. The van der Waals surface area contributed by atoms with E-state index in [1.54, 1.807) is 6.20 Å². The van der Waals surface area contributed by atoms with Gasteiger partial charge in [0.2, 0.25) is 0 Å². The number of aromatic nitrogens is 3. The molecule has 2 rings (SSSR count). The van der Waals surface area contributed by atoms with Crippen LogP contribution in [0.5, 0.6) is 0 Å². The first-order chi connectivity index (χ1) is 10.0. The molecule has 0 aliphatic carbocycles. The van der Waals surface area contributed by atoms with Crippen LogP contribution in [0.3, 0.4) is 0 Å². The summed E-state index contributed by atoms with van der Waals surface area (Å²) in [6.07, 6.45) is 2.86. The fourth-order valence-electron chi connectivity index (χ4n) is 1.96. The van der Waals surface area contributed by atoms with E-state index in [-0.39, 0.29) is 17.2 Å². The third-order valence-corrected chi connectivity index (χ3v) is 3.15. The van der Waals surface area contributed by atoms with Gasteiger partial charge in [-0.2, -0.15) is 5.10 Å². The molecule has 7 heteroatoms. The van der Waals surface area contributed by atoms with Crippen LogP contribution in [0.1, 0.15) is 39.4 Å². The third kappa shape index (κ3) is 3.25. The van der Waals surface area contributed by atoms with Gasteiger partial charge in [-0.3, -0.25) is 14.5 Å². The van der Waals surface area contributed by atoms with Crippen LogP contribution < -0.4 is 5.32 Å². The quantitative estimate of drug-likeness (QED) is 0.857. The van der Waals surface area contributed by atoms with Crippen molar-refractivity contribution in [2.75, 3.05) is 6.54 Å². The minimum absolute atomic E-state index is 0.0247. The first-order valence-electron chi connectivity index (χ1n) is 6.45. The summed E-state index contributed by atoms with van der Waals surface area (Å²) in [7, 11) is 1.53. The smallest absolute Gasteiger partial charge is 0.339 e. The second-order valence-corrected chi connectivity index (χ2v) is 4.70. The Bertz CT molecular complexity index is 651. The highest BCUT2D eigenvalue weighted by molar-refractivity contribution is 6.03. The number of rotatable bonds is 5. The van der Waals surface area contributed by atoms with Crippen LogP contribution in [0, 0.1) is 0 Å². The number of carbonyl (C=O) groups excluding carboxylic acids is 1. The summed E-state index contributed by atoms with van der Waals surface area (Å²) < 4.78 is 1.25. The van der Waals surface area contributed by atoms with E-state index in [4.69, 9.17) is 5.11 Å². The second-order valence-electron chi connectivity index (χ2n) is 4.70. The van der Waals surface area contributed by atoms with Gasteiger partial charge in [-0.1, -0.05) is 13.0 Å². The van der Waals surface area contributed by atoms with Crippen LogP contribution in [0.2, 0.25) is 0 Å². The molecule has 0 aliphatic rings. The summed E-state index contributed by atoms with van der Waals surface area (Å²) in [6.45, 7) is 2.30. The maximum atomic E-state index is 12.1. The number of carboxylic acids is 1. The first kappa shape index (κ1) is 14.7. The monoisotopic (exact) mass is 288 g/mol. The fraction of sp³-hybridized carbons (Fsp3) is 0.286. The molecular formula is C14H16N4O3. The van der Waals surface area contributed by atoms with Gasteiger partial charge in [0.05, 0.1) is 6.20 Å². The van der Waals surface area contributed by atoms with Gasteiger partial charge in [0.15, 0.2) is 0 Å². The standard InChI is InChI=1S/C14H16N4O3/c1-9(11-5-3-4-6-15-11)7-16-13(19)12-10(14(20)21)8-17-18(12)2/h3-6,8-9H,7H2,1-2H3,(H,16,19)(H,20,21). The topological polar surface area (TPSA) is 97.1 Å². The number of carboxylic acid groups (broad SMARTS) is 1. The van der Waals surface area contributed by atoms with Gasteiger partial charge < -0.3 is 10.4 Å². The van der Waals surface area contributed by atoms with Crippen molar-refractivity contribution in [3.63, 3.8) is 0 Å². The summed E-state index contributed by atoms with van der Waals surface area (Å²) in [5.74, 6) is -1.61. The van der Waals surface area contributed by atoms with Crippen LogP contribution in [-0.4, -0.2) is 38.3 Å². The van der Waals surface area contributed by atoms with Gasteiger partial charge in [-0.15, -0.1) is 0 Å². The Morgan fingerprint density at radius 3 is 2.81 bits per heavy atom. The number of hydrogen-bond acceptors (Lipinski definition) is 4. The Balaban J connectivity index is 2.06. The summed E-state index contributed by atoms with van der Waals surface area (Å²) in [6, 6.07) is 5.58. The van der Waals surface area contributed by atoms with E-state index in [0.717, 1.165) is 5.69 Å². The average molecular weight is 288 g/mol. The zero-order valence-electron chi connectivity index (χ0n) is 11.8. The first-order valence-corrected chi connectivity index (χ1v) is 6.45. The highest BCUT2D eigenvalue weighted by Gasteiger charge is 2.21.